The highest BCUT2D eigenvalue weighted by molar-refractivity contribution is 9.40. The molecule has 6 heteroatoms. The summed E-state index contributed by atoms with van der Waals surface area (Å²) < 4.78 is 0. The third kappa shape index (κ3) is 11.6. The van der Waals surface area contributed by atoms with Gasteiger partial charge in [-0.2, -0.15) is 0 Å². The van der Waals surface area contributed by atoms with Gasteiger partial charge >= 0.3 is 0 Å². The highest BCUT2D eigenvalue weighted by Gasteiger charge is 1.79. The maximum Gasteiger partial charge on any atom is -0.00114 e. The third-order valence-electron chi connectivity index (χ3n) is 0.0886. The Kier molecular flexibility index (Phi) is 18.6. The monoisotopic (exact) mass is 210 g/mol. The molecule has 0 nitrogen and oxygen atoms in total. The zero-order chi connectivity index (χ0) is 4.83. The molecule has 7 heavy (non-hydrogen) atoms. The Labute approximate surface area is 69.5 Å². The van der Waals surface area contributed by atoms with Crippen LogP contribution in [0.2, 0.25) is 0 Å². The Bertz CT molecular complexity index is 16.1. The molecule has 0 spiro atoms. The van der Waals surface area contributed by atoms with Crippen LogP contribution in [0.4, 0.5) is 0 Å². The van der Waals surface area contributed by atoms with E-state index in [1.165, 1.54) is 19.7 Å². The lowest BCUT2D eigenvalue weighted by Crippen LogP contribution is -1.15. The Balaban J connectivity index is 0. The summed E-state index contributed by atoms with van der Waals surface area (Å²) in [7, 11) is 6.05. The molecule has 0 fully saturated rings. The summed E-state index contributed by atoms with van der Waals surface area (Å²) in [6.07, 6.45) is 0. The van der Waals surface area contributed by atoms with Crippen molar-refractivity contribution in [1.29, 1.82) is 0 Å². The van der Waals surface area contributed by atoms with Gasteiger partial charge in [0, 0.05) is 0 Å². The summed E-state index contributed by atoms with van der Waals surface area (Å²) in [6, 6.07) is 0. The molecular formula is CH6S6. The maximum atomic E-state index is 3.87. The molecule has 0 amide bonds. The van der Waals surface area contributed by atoms with E-state index in [9.17, 15) is 0 Å². The highest BCUT2D eigenvalue weighted by atomic mass is 33.9. The Morgan fingerprint density at radius 2 is 1.14 bits per heavy atom. The zero-order valence-corrected chi connectivity index (χ0v) is 7.58. The van der Waals surface area contributed by atoms with Crippen molar-refractivity contribution in [3.05, 3.63) is 0 Å². The van der Waals surface area contributed by atoms with E-state index < -0.39 is 0 Å². The smallest absolute Gasteiger partial charge is 0.00114 e. The van der Waals surface area contributed by atoms with Gasteiger partial charge in [0.2, 0.25) is 0 Å². The van der Waals surface area contributed by atoms with E-state index >= 15 is 0 Å². The number of hydrogen-bond donors (Lipinski definition) is 2. The lowest BCUT2D eigenvalue weighted by atomic mass is 12.0. The first-order valence-corrected chi connectivity index (χ1v) is 7.79. The molecule has 0 aliphatic carbocycles. The Morgan fingerprint density at radius 1 is 0.857 bits per heavy atom. The second-order valence-electron chi connectivity index (χ2n) is 0.285. The molecule has 0 aromatic heterocycles. The van der Waals surface area contributed by atoms with Crippen molar-refractivity contribution in [2.75, 3.05) is 0 Å². The van der Waals surface area contributed by atoms with E-state index in [1.54, 1.807) is 19.7 Å². The van der Waals surface area contributed by atoms with Crippen LogP contribution in [-0.2, 0) is 0 Å². The van der Waals surface area contributed by atoms with Crippen molar-refractivity contribution < 1.29 is 0 Å². The van der Waals surface area contributed by atoms with E-state index in [0.717, 1.165) is 0 Å². The molecular weight excluding hydrogens is 204 g/mol. The van der Waals surface area contributed by atoms with Gasteiger partial charge in [-0.3, -0.25) is 0 Å². The molecule has 0 bridgehead atoms. The summed E-state index contributed by atoms with van der Waals surface area (Å²) in [5, 5.41) is 0. The lowest BCUT2D eigenvalue weighted by molar-refractivity contribution is 2.50. The van der Waals surface area contributed by atoms with Crippen LogP contribution in [0, 0.1) is 0 Å². The van der Waals surface area contributed by atoms with E-state index in [0.29, 0.717) is 0 Å². The summed E-state index contributed by atoms with van der Waals surface area (Å²) in [5.41, 5.74) is 0. The van der Waals surface area contributed by atoms with Crippen LogP contribution in [0.5, 0.6) is 0 Å². The molecule has 0 rings (SSSR count). The number of rotatable bonds is 3. The first-order valence-electron chi connectivity index (χ1n) is 0.865. The molecule has 0 unspecified atom stereocenters. The average molecular weight is 210 g/mol. The van der Waals surface area contributed by atoms with Crippen LogP contribution < -0.4 is 0 Å². The van der Waals surface area contributed by atoms with Crippen molar-refractivity contribution in [2.45, 2.75) is 7.43 Å². The predicted molar refractivity (Wildman–Crippen MR) is 55.1 cm³/mol. The summed E-state index contributed by atoms with van der Waals surface area (Å²) in [6.45, 7) is 0. The van der Waals surface area contributed by atoms with Gasteiger partial charge in [-0.1, -0.05) is 30.7 Å². The van der Waals surface area contributed by atoms with Crippen molar-refractivity contribution in [3.63, 3.8) is 0 Å². The summed E-state index contributed by atoms with van der Waals surface area (Å²) >= 11 is 7.73. The van der Waals surface area contributed by atoms with Crippen LogP contribution >= 0.6 is 62.6 Å². The van der Waals surface area contributed by atoms with Gasteiger partial charge in [0.15, 0.2) is 0 Å². The molecule has 0 heterocycles. The van der Waals surface area contributed by atoms with Crippen molar-refractivity contribution in [3.8, 4) is 0 Å². The quantitative estimate of drug-likeness (QED) is 0.410. The topological polar surface area (TPSA) is 0 Å². The first-order chi connectivity index (χ1) is 2.91. The van der Waals surface area contributed by atoms with Gasteiger partial charge in [-0.05, 0) is 39.3 Å². The summed E-state index contributed by atoms with van der Waals surface area (Å²) in [4.78, 5) is 0. The predicted octanol–water partition coefficient (Wildman–Crippen LogP) is 3.99. The molecule has 46 valence electrons. The second kappa shape index (κ2) is 11.0. The van der Waals surface area contributed by atoms with Crippen LogP contribution in [0.3, 0.4) is 0 Å². The molecule has 0 aliphatic heterocycles. The van der Waals surface area contributed by atoms with Crippen LogP contribution in [-0.4, -0.2) is 0 Å². The molecule has 0 aliphatic rings. The number of thiol groups is 2. The minimum Gasteiger partial charge on any atom is -0.0988 e. The second-order valence-corrected chi connectivity index (χ2v) is 7.70. The van der Waals surface area contributed by atoms with Gasteiger partial charge in [0.05, 0.1) is 0 Å². The fraction of sp³-hybridized carbons (Fsp3) is 1.00. The van der Waals surface area contributed by atoms with Gasteiger partial charge < -0.3 is 0 Å². The summed E-state index contributed by atoms with van der Waals surface area (Å²) in [5.74, 6) is 0. The largest absolute Gasteiger partial charge is 0.0988 e. The molecule has 0 atom stereocenters. The van der Waals surface area contributed by atoms with Crippen molar-refractivity contribution in [1.82, 2.24) is 0 Å². The molecule has 0 saturated carbocycles. The van der Waals surface area contributed by atoms with Gasteiger partial charge in [0.1, 0.15) is 0 Å². The average Bonchev–Trinajstić information content (AvgIpc) is 1.61. The standard InChI is InChI=1S/CH4.H2S6/c;1-3-5-6-4-2/h1H4;1-2H. The van der Waals surface area contributed by atoms with Crippen molar-refractivity contribution >= 4 is 62.6 Å². The van der Waals surface area contributed by atoms with Crippen LogP contribution in [0.1, 0.15) is 7.43 Å². The van der Waals surface area contributed by atoms with Gasteiger partial charge in [0.25, 0.3) is 0 Å². The Morgan fingerprint density at radius 3 is 1.29 bits per heavy atom. The van der Waals surface area contributed by atoms with E-state index in [-0.39, 0.29) is 7.43 Å². The van der Waals surface area contributed by atoms with Crippen molar-refractivity contribution in [2.24, 2.45) is 0 Å². The molecule has 0 radical (unpaired) electrons. The van der Waals surface area contributed by atoms with E-state index in [2.05, 4.69) is 23.3 Å². The third-order valence-corrected chi connectivity index (χ3v) is 7.18. The minimum atomic E-state index is 0. The highest BCUT2D eigenvalue weighted by Crippen LogP contribution is 2.45. The van der Waals surface area contributed by atoms with E-state index in [1.807, 2.05) is 0 Å². The SMILES string of the molecule is C.SSSSSS. The minimum absolute atomic E-state index is 0. The Hall–Kier alpha value is 2.10. The molecule has 0 aromatic rings. The van der Waals surface area contributed by atoms with Gasteiger partial charge in [-0.15, -0.1) is 0 Å². The first kappa shape index (κ1) is 11.8. The fourth-order valence-corrected chi connectivity index (χ4v) is 6.04. The lowest BCUT2D eigenvalue weighted by Gasteiger charge is -1.82. The van der Waals surface area contributed by atoms with Crippen LogP contribution in [0.25, 0.3) is 0 Å². The van der Waals surface area contributed by atoms with Gasteiger partial charge in [-0.25, -0.2) is 0 Å². The number of hydrogen-bond acceptors (Lipinski definition) is 6. The zero-order valence-electron chi connectivity index (χ0n) is 2.53. The van der Waals surface area contributed by atoms with Crippen LogP contribution in [0.15, 0.2) is 0 Å². The molecule has 0 saturated heterocycles. The molecule has 0 aromatic carbocycles. The molecule has 0 N–H and O–H groups in total. The normalized spacial score (nSPS) is 7.71. The van der Waals surface area contributed by atoms with E-state index in [4.69, 9.17) is 0 Å². The maximum absolute atomic E-state index is 3.87. The fourth-order valence-electron chi connectivity index (χ4n) is 0.0248.